The maximum absolute atomic E-state index is 12.6. The number of hydrogen-bond donors (Lipinski definition) is 1. The summed E-state index contributed by atoms with van der Waals surface area (Å²) in [5, 5.41) is 2.88. The Morgan fingerprint density at radius 3 is 2.94 bits per heavy atom. The average molecular weight is 421 g/mol. The van der Waals surface area contributed by atoms with Gasteiger partial charge in [0.2, 0.25) is 0 Å². The molecular weight excluding hydrogens is 392 g/mol. The highest BCUT2D eigenvalue weighted by molar-refractivity contribution is 5.93. The van der Waals surface area contributed by atoms with Crippen molar-refractivity contribution in [1.82, 2.24) is 19.6 Å². The quantitative estimate of drug-likeness (QED) is 0.636. The first kappa shape index (κ1) is 21.1. The third-order valence-corrected chi connectivity index (χ3v) is 5.57. The Hall–Kier alpha value is -3.19. The highest BCUT2D eigenvalue weighted by atomic mass is 16.5. The number of fused-ring (bicyclic) bond motifs is 2. The lowest BCUT2D eigenvalue weighted by Gasteiger charge is -2.24. The molecule has 7 heteroatoms. The van der Waals surface area contributed by atoms with Gasteiger partial charge in [-0.2, -0.15) is 0 Å². The molecule has 2 aromatic heterocycles. The summed E-state index contributed by atoms with van der Waals surface area (Å²) in [6, 6.07) is 13.4. The molecule has 1 N–H and O–H groups in total. The fourth-order valence-corrected chi connectivity index (χ4v) is 3.92. The van der Waals surface area contributed by atoms with Crippen LogP contribution in [0.3, 0.4) is 0 Å². The standard InChI is InChI=1S/C24H28N4O3/c1-2-3-9-19-17-27(16-18-8-4-5-10-21(18)31-19)14-12-25-23(29)20-15-26-22-11-6-7-13-28(22)24(20)30/h4-8,10-11,13,15,19H,2-3,9,12,14,16-17H2,1H3,(H,25,29). The van der Waals surface area contributed by atoms with Crippen molar-refractivity contribution in [3.63, 3.8) is 0 Å². The predicted molar refractivity (Wildman–Crippen MR) is 119 cm³/mol. The molecule has 4 rings (SSSR count). The molecule has 31 heavy (non-hydrogen) atoms. The number of para-hydroxylation sites is 1. The van der Waals surface area contributed by atoms with Crippen LogP contribution in [0.1, 0.15) is 42.1 Å². The van der Waals surface area contributed by atoms with Crippen LogP contribution >= 0.6 is 0 Å². The van der Waals surface area contributed by atoms with Crippen LogP contribution in [-0.4, -0.2) is 45.9 Å². The van der Waals surface area contributed by atoms with Gasteiger partial charge < -0.3 is 10.1 Å². The van der Waals surface area contributed by atoms with Gasteiger partial charge in [-0.1, -0.05) is 37.6 Å². The number of ether oxygens (including phenoxy) is 1. The van der Waals surface area contributed by atoms with Gasteiger partial charge in [0, 0.05) is 44.1 Å². The summed E-state index contributed by atoms with van der Waals surface area (Å²) in [6.07, 6.45) is 6.36. The minimum absolute atomic E-state index is 0.0501. The van der Waals surface area contributed by atoms with E-state index in [0.29, 0.717) is 18.7 Å². The number of aromatic nitrogens is 2. The Balaban J connectivity index is 1.41. The van der Waals surface area contributed by atoms with Gasteiger partial charge in [0.05, 0.1) is 0 Å². The number of carbonyl (C=O) groups excluding carboxylic acids is 1. The van der Waals surface area contributed by atoms with Crippen molar-refractivity contribution >= 4 is 11.6 Å². The van der Waals surface area contributed by atoms with Gasteiger partial charge in [-0.3, -0.25) is 18.9 Å². The molecule has 162 valence electrons. The number of hydrogen-bond acceptors (Lipinski definition) is 5. The molecule has 1 atom stereocenters. The van der Waals surface area contributed by atoms with Gasteiger partial charge in [-0.05, 0) is 31.0 Å². The minimum atomic E-state index is -0.398. The van der Waals surface area contributed by atoms with E-state index in [1.165, 1.54) is 10.6 Å². The molecule has 0 bridgehead atoms. The van der Waals surface area contributed by atoms with Crippen molar-refractivity contribution in [1.29, 1.82) is 0 Å². The maximum atomic E-state index is 12.6. The zero-order valence-electron chi connectivity index (χ0n) is 17.8. The number of amides is 1. The second-order valence-electron chi connectivity index (χ2n) is 7.89. The largest absolute Gasteiger partial charge is 0.489 e. The fraction of sp³-hybridized carbons (Fsp3) is 0.375. The highest BCUT2D eigenvalue weighted by Gasteiger charge is 2.22. The van der Waals surface area contributed by atoms with Gasteiger partial charge in [0.15, 0.2) is 0 Å². The summed E-state index contributed by atoms with van der Waals surface area (Å²) in [6.45, 7) is 4.88. The van der Waals surface area contributed by atoms with Crippen molar-refractivity contribution in [2.24, 2.45) is 0 Å². The van der Waals surface area contributed by atoms with Crippen molar-refractivity contribution in [2.75, 3.05) is 19.6 Å². The van der Waals surface area contributed by atoms with E-state index in [1.54, 1.807) is 24.4 Å². The second kappa shape index (κ2) is 9.75. The van der Waals surface area contributed by atoms with E-state index in [1.807, 2.05) is 18.2 Å². The van der Waals surface area contributed by atoms with Gasteiger partial charge in [-0.25, -0.2) is 4.98 Å². The van der Waals surface area contributed by atoms with Gasteiger partial charge >= 0.3 is 0 Å². The predicted octanol–water partition coefficient (Wildman–Crippen LogP) is 2.88. The number of unbranched alkanes of at least 4 members (excludes halogenated alkanes) is 1. The van der Waals surface area contributed by atoms with Crippen molar-refractivity contribution in [3.05, 3.63) is 76.3 Å². The highest BCUT2D eigenvalue weighted by Crippen LogP contribution is 2.26. The van der Waals surface area contributed by atoms with Crippen molar-refractivity contribution < 1.29 is 9.53 Å². The molecule has 0 saturated carbocycles. The van der Waals surface area contributed by atoms with Crippen LogP contribution in [0.5, 0.6) is 5.75 Å². The SMILES string of the molecule is CCCCC1CN(CCNC(=O)c2cnc3ccccn3c2=O)Cc2ccccc2O1. The molecule has 0 fully saturated rings. The lowest BCUT2D eigenvalue weighted by atomic mass is 10.1. The van der Waals surface area contributed by atoms with E-state index in [4.69, 9.17) is 4.74 Å². The molecule has 3 aromatic rings. The summed E-state index contributed by atoms with van der Waals surface area (Å²) in [5.41, 5.74) is 1.36. The van der Waals surface area contributed by atoms with Crippen LogP contribution in [0.25, 0.3) is 5.65 Å². The smallest absolute Gasteiger partial charge is 0.270 e. The lowest BCUT2D eigenvalue weighted by Crippen LogP contribution is -2.40. The summed E-state index contributed by atoms with van der Waals surface area (Å²) in [7, 11) is 0. The molecule has 1 amide bonds. The first-order valence-electron chi connectivity index (χ1n) is 10.9. The minimum Gasteiger partial charge on any atom is -0.489 e. The van der Waals surface area contributed by atoms with E-state index in [-0.39, 0.29) is 17.2 Å². The molecule has 1 unspecified atom stereocenters. The van der Waals surface area contributed by atoms with E-state index in [0.717, 1.165) is 43.7 Å². The Kier molecular flexibility index (Phi) is 6.62. The summed E-state index contributed by atoms with van der Waals surface area (Å²) in [5.74, 6) is 0.551. The van der Waals surface area contributed by atoms with Crippen LogP contribution in [0, 0.1) is 0 Å². The second-order valence-corrected chi connectivity index (χ2v) is 7.89. The van der Waals surface area contributed by atoms with Crippen LogP contribution in [0.15, 0.2) is 59.7 Å². The first-order valence-corrected chi connectivity index (χ1v) is 10.9. The van der Waals surface area contributed by atoms with Crippen LogP contribution in [0.4, 0.5) is 0 Å². The van der Waals surface area contributed by atoms with E-state index < -0.39 is 5.91 Å². The molecule has 1 aliphatic heterocycles. The first-order chi connectivity index (χ1) is 15.2. The third kappa shape index (κ3) is 4.94. The third-order valence-electron chi connectivity index (χ3n) is 5.57. The molecular formula is C24H28N4O3. The van der Waals surface area contributed by atoms with Crippen LogP contribution in [-0.2, 0) is 6.54 Å². The number of pyridine rings is 1. The summed E-state index contributed by atoms with van der Waals surface area (Å²) in [4.78, 5) is 31.7. The molecule has 0 aliphatic carbocycles. The molecule has 3 heterocycles. The monoisotopic (exact) mass is 420 g/mol. The lowest BCUT2D eigenvalue weighted by molar-refractivity contribution is 0.0940. The molecule has 7 nitrogen and oxygen atoms in total. The Morgan fingerprint density at radius 2 is 2.06 bits per heavy atom. The van der Waals surface area contributed by atoms with Crippen LogP contribution in [0.2, 0.25) is 0 Å². The Bertz CT molecular complexity index is 1110. The van der Waals surface area contributed by atoms with E-state index >= 15 is 0 Å². The number of carbonyl (C=O) groups is 1. The number of benzene rings is 1. The van der Waals surface area contributed by atoms with Gasteiger partial charge in [-0.15, -0.1) is 0 Å². The van der Waals surface area contributed by atoms with Gasteiger partial charge in [0.25, 0.3) is 11.5 Å². The Morgan fingerprint density at radius 1 is 1.23 bits per heavy atom. The number of nitrogens with one attached hydrogen (secondary N) is 1. The molecule has 0 spiro atoms. The van der Waals surface area contributed by atoms with Crippen molar-refractivity contribution in [2.45, 2.75) is 38.8 Å². The molecule has 0 radical (unpaired) electrons. The average Bonchev–Trinajstić information content (AvgIpc) is 2.96. The van der Waals surface area contributed by atoms with E-state index in [9.17, 15) is 9.59 Å². The fourth-order valence-electron chi connectivity index (χ4n) is 3.92. The normalized spacial score (nSPS) is 16.4. The summed E-state index contributed by atoms with van der Waals surface area (Å²) >= 11 is 0. The van der Waals surface area contributed by atoms with Gasteiger partial charge in [0.1, 0.15) is 23.1 Å². The van der Waals surface area contributed by atoms with E-state index in [2.05, 4.69) is 28.2 Å². The topological polar surface area (TPSA) is 75.9 Å². The molecule has 0 saturated heterocycles. The zero-order chi connectivity index (χ0) is 21.6. The summed E-state index contributed by atoms with van der Waals surface area (Å²) < 4.78 is 7.65. The Labute approximate surface area is 181 Å². The number of rotatable bonds is 7. The number of nitrogens with zero attached hydrogens (tertiary/aromatic N) is 3. The van der Waals surface area contributed by atoms with Crippen LogP contribution < -0.4 is 15.6 Å². The van der Waals surface area contributed by atoms with Crippen molar-refractivity contribution in [3.8, 4) is 5.75 Å². The maximum Gasteiger partial charge on any atom is 0.270 e. The zero-order valence-corrected chi connectivity index (χ0v) is 17.8. The molecule has 1 aliphatic rings. The molecule has 1 aromatic carbocycles.